The summed E-state index contributed by atoms with van der Waals surface area (Å²) in [6.45, 7) is 4.58. The molecule has 1 aliphatic heterocycles. The van der Waals surface area contributed by atoms with Crippen molar-refractivity contribution < 1.29 is 29.3 Å². The molecule has 0 bridgehead atoms. The van der Waals surface area contributed by atoms with E-state index >= 15 is 0 Å². The first kappa shape index (κ1) is 19.2. The number of alkyl carbamates (subject to hydrolysis) is 1. The number of nitrogens with zero attached hydrogens (tertiary/aromatic N) is 1. The van der Waals surface area contributed by atoms with Crippen molar-refractivity contribution in [1.82, 2.24) is 10.2 Å². The highest BCUT2D eigenvalue weighted by Gasteiger charge is 2.35. The van der Waals surface area contributed by atoms with E-state index in [2.05, 4.69) is 5.32 Å². The molecule has 0 saturated carbocycles. The Balaban J connectivity index is 2.83. The number of likely N-dealkylation sites (tertiary alicyclic amines) is 1. The van der Waals surface area contributed by atoms with Gasteiger partial charge in [-0.2, -0.15) is 0 Å². The van der Waals surface area contributed by atoms with Crippen molar-refractivity contribution in [1.29, 1.82) is 0 Å². The molecule has 0 radical (unpaired) electrons. The summed E-state index contributed by atoms with van der Waals surface area (Å²) in [7, 11) is 0. The summed E-state index contributed by atoms with van der Waals surface area (Å²) in [5.41, 5.74) is -0.683. The topological polar surface area (TPSA) is 116 Å². The Morgan fingerprint density at radius 3 is 2.52 bits per heavy atom. The number of carboxylic acid groups (broad SMARTS) is 1. The zero-order valence-corrected chi connectivity index (χ0v) is 13.9. The van der Waals surface area contributed by atoms with Gasteiger partial charge in [-0.1, -0.05) is 0 Å². The molecule has 2 amide bonds. The van der Waals surface area contributed by atoms with Gasteiger partial charge in [0.1, 0.15) is 18.2 Å². The number of aliphatic hydroxyl groups is 1. The second-order valence-electron chi connectivity index (χ2n) is 6.66. The Morgan fingerprint density at radius 1 is 1.35 bits per heavy atom. The SMILES string of the molecule is CC(C)(C)OC(=O)N[C@H]1CCCC(CCO)N(CC(=O)O)C1=O. The van der Waals surface area contributed by atoms with Gasteiger partial charge in [0.15, 0.2) is 0 Å². The predicted molar refractivity (Wildman–Crippen MR) is 81.8 cm³/mol. The van der Waals surface area contributed by atoms with E-state index in [1.54, 1.807) is 20.8 Å². The van der Waals surface area contributed by atoms with E-state index in [0.29, 0.717) is 25.7 Å². The third-order valence-corrected chi connectivity index (χ3v) is 3.51. The van der Waals surface area contributed by atoms with Gasteiger partial charge in [0.2, 0.25) is 5.91 Å². The maximum Gasteiger partial charge on any atom is 0.408 e. The van der Waals surface area contributed by atoms with Crippen molar-refractivity contribution in [2.75, 3.05) is 13.2 Å². The van der Waals surface area contributed by atoms with E-state index in [1.807, 2.05) is 0 Å². The van der Waals surface area contributed by atoms with Gasteiger partial charge in [0, 0.05) is 12.6 Å². The molecule has 1 aliphatic rings. The number of aliphatic hydroxyl groups excluding tert-OH is 1. The van der Waals surface area contributed by atoms with Crippen LogP contribution in [0.15, 0.2) is 0 Å². The molecule has 3 N–H and O–H groups in total. The summed E-state index contributed by atoms with van der Waals surface area (Å²) in [6.07, 6.45) is 1.26. The molecule has 0 aromatic heterocycles. The first-order chi connectivity index (χ1) is 10.6. The van der Waals surface area contributed by atoms with E-state index in [1.165, 1.54) is 4.90 Å². The molecule has 23 heavy (non-hydrogen) atoms. The lowest BCUT2D eigenvalue weighted by molar-refractivity contribution is -0.147. The quantitative estimate of drug-likeness (QED) is 0.684. The Morgan fingerprint density at radius 2 is 2.00 bits per heavy atom. The minimum absolute atomic E-state index is 0.127. The van der Waals surface area contributed by atoms with Gasteiger partial charge in [-0.3, -0.25) is 9.59 Å². The summed E-state index contributed by atoms with van der Waals surface area (Å²) in [6, 6.07) is -1.15. The van der Waals surface area contributed by atoms with Crippen LogP contribution in [0.5, 0.6) is 0 Å². The van der Waals surface area contributed by atoms with Crippen molar-refractivity contribution in [3.8, 4) is 0 Å². The number of carbonyl (C=O) groups is 3. The lowest BCUT2D eigenvalue weighted by Crippen LogP contribution is -2.52. The number of carboxylic acids is 1. The van der Waals surface area contributed by atoms with Gasteiger partial charge < -0.3 is 25.2 Å². The summed E-state index contributed by atoms with van der Waals surface area (Å²) < 4.78 is 5.14. The highest BCUT2D eigenvalue weighted by atomic mass is 16.6. The molecular weight excluding hydrogens is 304 g/mol. The number of carbonyl (C=O) groups excluding carboxylic acids is 2. The van der Waals surface area contributed by atoms with E-state index in [-0.39, 0.29) is 12.6 Å². The van der Waals surface area contributed by atoms with E-state index in [9.17, 15) is 14.4 Å². The van der Waals surface area contributed by atoms with Crippen LogP contribution in [0.4, 0.5) is 4.79 Å². The molecule has 1 saturated heterocycles. The maximum atomic E-state index is 12.6. The number of nitrogens with one attached hydrogen (secondary N) is 1. The third kappa shape index (κ3) is 6.43. The zero-order chi connectivity index (χ0) is 17.6. The second-order valence-corrected chi connectivity index (χ2v) is 6.66. The largest absolute Gasteiger partial charge is 0.480 e. The van der Waals surface area contributed by atoms with Crippen LogP contribution in [0.1, 0.15) is 46.5 Å². The molecule has 132 valence electrons. The molecule has 1 rings (SSSR count). The Bertz CT molecular complexity index is 446. The van der Waals surface area contributed by atoms with Crippen LogP contribution in [0.3, 0.4) is 0 Å². The molecule has 0 aromatic rings. The Labute approximate surface area is 135 Å². The smallest absolute Gasteiger partial charge is 0.408 e. The van der Waals surface area contributed by atoms with Gasteiger partial charge >= 0.3 is 12.1 Å². The third-order valence-electron chi connectivity index (χ3n) is 3.51. The van der Waals surface area contributed by atoms with Crippen molar-refractivity contribution >= 4 is 18.0 Å². The molecule has 0 spiro atoms. The van der Waals surface area contributed by atoms with Crippen LogP contribution in [0, 0.1) is 0 Å². The summed E-state index contributed by atoms with van der Waals surface area (Å²) >= 11 is 0. The van der Waals surface area contributed by atoms with Gasteiger partial charge in [-0.15, -0.1) is 0 Å². The molecule has 1 unspecified atom stereocenters. The first-order valence-corrected chi connectivity index (χ1v) is 7.76. The normalized spacial score (nSPS) is 22.4. The van der Waals surface area contributed by atoms with Crippen molar-refractivity contribution in [2.24, 2.45) is 0 Å². The van der Waals surface area contributed by atoms with Gasteiger partial charge in [-0.05, 0) is 46.5 Å². The van der Waals surface area contributed by atoms with E-state index in [4.69, 9.17) is 14.9 Å². The van der Waals surface area contributed by atoms with E-state index in [0.717, 1.165) is 0 Å². The monoisotopic (exact) mass is 330 g/mol. The lowest BCUT2D eigenvalue weighted by Gasteiger charge is -2.30. The van der Waals surface area contributed by atoms with Crippen LogP contribution in [-0.4, -0.2) is 63.9 Å². The molecule has 0 aliphatic carbocycles. The Hall–Kier alpha value is -1.83. The molecule has 8 nitrogen and oxygen atoms in total. The zero-order valence-electron chi connectivity index (χ0n) is 13.9. The number of rotatable bonds is 5. The molecule has 0 aromatic carbocycles. The molecular formula is C15H26N2O6. The van der Waals surface area contributed by atoms with Crippen LogP contribution < -0.4 is 5.32 Å². The molecule has 8 heteroatoms. The van der Waals surface area contributed by atoms with Crippen molar-refractivity contribution in [3.63, 3.8) is 0 Å². The van der Waals surface area contributed by atoms with Crippen LogP contribution >= 0.6 is 0 Å². The van der Waals surface area contributed by atoms with Gasteiger partial charge in [0.05, 0.1) is 0 Å². The first-order valence-electron chi connectivity index (χ1n) is 7.76. The number of ether oxygens (including phenoxy) is 1. The van der Waals surface area contributed by atoms with Gasteiger partial charge in [0.25, 0.3) is 0 Å². The van der Waals surface area contributed by atoms with Crippen LogP contribution in [0.2, 0.25) is 0 Å². The standard InChI is InChI=1S/C15H26N2O6/c1-15(2,3)23-14(22)16-11-6-4-5-10(7-8-18)17(13(11)21)9-12(19)20/h10-11,18H,4-9H2,1-3H3,(H,16,22)(H,19,20)/t10?,11-/m0/s1. The average molecular weight is 330 g/mol. The number of hydrogen-bond donors (Lipinski definition) is 3. The number of amides is 2. The summed E-state index contributed by atoms with van der Waals surface area (Å²) in [5, 5.41) is 20.6. The highest BCUT2D eigenvalue weighted by molar-refractivity contribution is 5.88. The maximum absolute atomic E-state index is 12.6. The van der Waals surface area contributed by atoms with Gasteiger partial charge in [-0.25, -0.2) is 4.79 Å². The fourth-order valence-corrected chi connectivity index (χ4v) is 2.60. The predicted octanol–water partition coefficient (Wildman–Crippen LogP) is 0.728. The number of aliphatic carboxylic acids is 1. The highest BCUT2D eigenvalue weighted by Crippen LogP contribution is 2.21. The average Bonchev–Trinajstić information content (AvgIpc) is 2.51. The second kappa shape index (κ2) is 8.14. The minimum atomic E-state index is -1.13. The van der Waals surface area contributed by atoms with Crippen molar-refractivity contribution in [3.05, 3.63) is 0 Å². The number of hydrogen-bond acceptors (Lipinski definition) is 5. The minimum Gasteiger partial charge on any atom is -0.480 e. The molecule has 2 atom stereocenters. The molecule has 1 heterocycles. The Kier molecular flexibility index (Phi) is 6.80. The fraction of sp³-hybridized carbons (Fsp3) is 0.800. The summed E-state index contributed by atoms with van der Waals surface area (Å²) in [4.78, 5) is 36.7. The lowest BCUT2D eigenvalue weighted by atomic mass is 10.1. The summed E-state index contributed by atoms with van der Waals surface area (Å²) in [5.74, 6) is -1.58. The molecule has 1 fully saturated rings. The fourth-order valence-electron chi connectivity index (χ4n) is 2.60. The van der Waals surface area contributed by atoms with E-state index < -0.39 is 36.2 Å². The van der Waals surface area contributed by atoms with Crippen LogP contribution in [-0.2, 0) is 14.3 Å². The van der Waals surface area contributed by atoms with Crippen LogP contribution in [0.25, 0.3) is 0 Å². The van der Waals surface area contributed by atoms with Crippen molar-refractivity contribution in [2.45, 2.75) is 64.1 Å².